The Morgan fingerprint density at radius 1 is 1.73 bits per heavy atom. The van der Waals surface area contributed by atoms with Gasteiger partial charge in [-0.25, -0.2) is 0 Å². The van der Waals surface area contributed by atoms with Crippen LogP contribution in [0.15, 0.2) is 0 Å². The van der Waals surface area contributed by atoms with Gasteiger partial charge in [0.05, 0.1) is 6.61 Å². The zero-order chi connectivity index (χ0) is 9.07. The molecule has 2 N–H and O–H groups in total. The van der Waals surface area contributed by atoms with Crippen molar-refractivity contribution in [1.29, 1.82) is 0 Å². The molecule has 0 rings (SSSR count). The van der Waals surface area contributed by atoms with Crippen LogP contribution in [0, 0.1) is 0 Å². The number of carboxylic acids is 1. The normalized spacial score (nSPS) is 18.8. The molecule has 0 radical (unpaired) electrons. The van der Waals surface area contributed by atoms with Crippen LogP contribution in [0.5, 0.6) is 0 Å². The highest BCUT2D eigenvalue weighted by Crippen LogP contribution is 2.47. The molecule has 0 saturated heterocycles. The third-order valence-corrected chi connectivity index (χ3v) is 2.99. The molecule has 0 aliphatic rings. The Kier molecular flexibility index (Phi) is 3.72. The first-order valence-corrected chi connectivity index (χ1v) is 4.76. The second-order valence-electron chi connectivity index (χ2n) is 2.00. The van der Waals surface area contributed by atoms with E-state index >= 15 is 0 Å². The van der Waals surface area contributed by atoms with E-state index in [0.717, 1.165) is 6.92 Å². The predicted molar refractivity (Wildman–Crippen MR) is 38.5 cm³/mol. The Morgan fingerprint density at radius 2 is 2.18 bits per heavy atom. The summed E-state index contributed by atoms with van der Waals surface area (Å²) in [5.41, 5.74) is -1.36. The van der Waals surface area contributed by atoms with Crippen molar-refractivity contribution in [3.8, 4) is 0 Å². The van der Waals surface area contributed by atoms with Gasteiger partial charge in [-0.3, -0.25) is 9.36 Å². The van der Waals surface area contributed by atoms with Crippen molar-refractivity contribution < 1.29 is 23.9 Å². The number of rotatable bonds is 4. The van der Waals surface area contributed by atoms with Crippen molar-refractivity contribution in [2.24, 2.45) is 0 Å². The quantitative estimate of drug-likeness (QED) is 0.624. The molecule has 0 heterocycles. The fourth-order valence-electron chi connectivity index (χ4n) is 0.436. The van der Waals surface area contributed by atoms with Gasteiger partial charge in [-0.1, -0.05) is 0 Å². The molecular weight excluding hydrogens is 171 g/mol. The van der Waals surface area contributed by atoms with Crippen molar-refractivity contribution in [3.63, 3.8) is 0 Å². The predicted octanol–water partition coefficient (Wildman–Crippen LogP) is 0.681. The topological polar surface area (TPSA) is 83.8 Å². The van der Waals surface area contributed by atoms with E-state index < -0.39 is 19.2 Å². The fourth-order valence-corrected chi connectivity index (χ4v) is 1.31. The van der Waals surface area contributed by atoms with Gasteiger partial charge in [0.25, 0.3) is 0 Å². The summed E-state index contributed by atoms with van der Waals surface area (Å²) in [5, 5.41) is 8.33. The summed E-state index contributed by atoms with van der Waals surface area (Å²) >= 11 is 0. The minimum Gasteiger partial charge on any atom is -0.481 e. The van der Waals surface area contributed by atoms with Crippen LogP contribution in [0.1, 0.15) is 13.8 Å². The van der Waals surface area contributed by atoms with E-state index in [2.05, 4.69) is 4.52 Å². The lowest BCUT2D eigenvalue weighted by atomic mass is 10.5. The summed E-state index contributed by atoms with van der Waals surface area (Å²) in [5.74, 6) is -1.33. The third-order valence-electron chi connectivity index (χ3n) is 1.16. The van der Waals surface area contributed by atoms with Crippen molar-refractivity contribution >= 4 is 13.6 Å². The lowest BCUT2D eigenvalue weighted by Crippen LogP contribution is -2.17. The van der Waals surface area contributed by atoms with Crippen LogP contribution in [0.2, 0.25) is 0 Å². The molecule has 0 aromatic heterocycles. The number of carboxylic acid groups (broad SMARTS) is 1. The maximum atomic E-state index is 10.9. The lowest BCUT2D eigenvalue weighted by Gasteiger charge is -2.13. The minimum atomic E-state index is -3.94. The zero-order valence-corrected chi connectivity index (χ0v) is 7.25. The fraction of sp³-hybridized carbons (Fsp3) is 0.800. The molecule has 0 aromatic carbocycles. The monoisotopic (exact) mass is 182 g/mol. The van der Waals surface area contributed by atoms with E-state index in [-0.39, 0.29) is 6.61 Å². The van der Waals surface area contributed by atoms with Crippen LogP contribution in [0.4, 0.5) is 0 Å². The summed E-state index contributed by atoms with van der Waals surface area (Å²) in [6, 6.07) is 0. The first-order chi connectivity index (χ1) is 4.91. The highest BCUT2D eigenvalue weighted by atomic mass is 31.2. The van der Waals surface area contributed by atoms with Gasteiger partial charge in [-0.2, -0.15) is 0 Å². The van der Waals surface area contributed by atoms with Crippen molar-refractivity contribution in [2.45, 2.75) is 19.5 Å². The molecule has 5 nitrogen and oxygen atoms in total. The van der Waals surface area contributed by atoms with E-state index in [1.165, 1.54) is 6.92 Å². The SMILES string of the molecule is CCOP(=O)(O)C(C)C(=O)O. The second kappa shape index (κ2) is 3.85. The molecule has 0 amide bonds. The van der Waals surface area contributed by atoms with Gasteiger partial charge in [0, 0.05) is 0 Å². The third kappa shape index (κ3) is 3.01. The zero-order valence-electron chi connectivity index (χ0n) is 6.35. The van der Waals surface area contributed by atoms with Crippen LogP contribution in [-0.2, 0) is 13.9 Å². The largest absolute Gasteiger partial charge is 0.481 e. The van der Waals surface area contributed by atoms with Crippen LogP contribution in [0.25, 0.3) is 0 Å². The molecule has 0 saturated carbocycles. The van der Waals surface area contributed by atoms with Crippen molar-refractivity contribution in [2.75, 3.05) is 6.61 Å². The molecule has 0 spiro atoms. The first kappa shape index (κ1) is 10.6. The molecule has 2 atom stereocenters. The molecular formula is C5H11O5P. The molecule has 2 unspecified atom stereocenters. The summed E-state index contributed by atoms with van der Waals surface area (Å²) in [6.07, 6.45) is 0. The van der Waals surface area contributed by atoms with Gasteiger partial charge < -0.3 is 14.5 Å². The second-order valence-corrected chi connectivity index (χ2v) is 4.16. The molecule has 0 aliphatic carbocycles. The number of hydrogen-bond acceptors (Lipinski definition) is 3. The Labute approximate surface area is 64.5 Å². The summed E-state index contributed by atoms with van der Waals surface area (Å²) in [7, 11) is -3.94. The summed E-state index contributed by atoms with van der Waals surface area (Å²) in [4.78, 5) is 19.1. The summed E-state index contributed by atoms with van der Waals surface area (Å²) < 4.78 is 15.3. The average Bonchev–Trinajstić information content (AvgIpc) is 1.86. The highest BCUT2D eigenvalue weighted by molar-refractivity contribution is 7.54. The molecule has 11 heavy (non-hydrogen) atoms. The van der Waals surface area contributed by atoms with E-state index in [1.807, 2.05) is 0 Å². The van der Waals surface area contributed by atoms with E-state index in [4.69, 9.17) is 10.00 Å². The van der Waals surface area contributed by atoms with E-state index in [0.29, 0.717) is 0 Å². The molecule has 0 fully saturated rings. The van der Waals surface area contributed by atoms with Crippen LogP contribution < -0.4 is 0 Å². The number of aliphatic carboxylic acids is 1. The van der Waals surface area contributed by atoms with Gasteiger partial charge >= 0.3 is 13.6 Å². The number of hydrogen-bond donors (Lipinski definition) is 2. The van der Waals surface area contributed by atoms with Gasteiger partial charge in [0.15, 0.2) is 5.66 Å². The van der Waals surface area contributed by atoms with Crippen LogP contribution >= 0.6 is 7.60 Å². The summed E-state index contributed by atoms with van der Waals surface area (Å²) in [6.45, 7) is 2.70. The van der Waals surface area contributed by atoms with E-state index in [9.17, 15) is 9.36 Å². The van der Waals surface area contributed by atoms with Crippen LogP contribution in [0.3, 0.4) is 0 Å². The van der Waals surface area contributed by atoms with Crippen molar-refractivity contribution in [3.05, 3.63) is 0 Å². The lowest BCUT2D eigenvalue weighted by molar-refractivity contribution is -0.136. The molecule has 66 valence electrons. The van der Waals surface area contributed by atoms with Crippen molar-refractivity contribution in [1.82, 2.24) is 0 Å². The minimum absolute atomic E-state index is 0.0331. The molecule has 0 aromatic rings. The standard InChI is InChI=1S/C5H11O5P/c1-3-10-11(8,9)4(2)5(6)7/h4H,3H2,1-2H3,(H,6,7)(H,8,9). The highest BCUT2D eigenvalue weighted by Gasteiger charge is 2.33. The van der Waals surface area contributed by atoms with Gasteiger partial charge in [0.1, 0.15) is 0 Å². The Bertz CT molecular complexity index is 189. The maximum absolute atomic E-state index is 10.9. The van der Waals surface area contributed by atoms with Gasteiger partial charge in [-0.15, -0.1) is 0 Å². The van der Waals surface area contributed by atoms with E-state index in [1.54, 1.807) is 0 Å². The number of carbonyl (C=O) groups is 1. The van der Waals surface area contributed by atoms with Gasteiger partial charge in [0.2, 0.25) is 0 Å². The Morgan fingerprint density at radius 3 is 2.45 bits per heavy atom. The Hall–Kier alpha value is -0.380. The molecule has 0 aliphatic heterocycles. The van der Waals surface area contributed by atoms with Gasteiger partial charge in [-0.05, 0) is 13.8 Å². The smallest absolute Gasteiger partial charge is 0.342 e. The maximum Gasteiger partial charge on any atom is 0.342 e. The first-order valence-electron chi connectivity index (χ1n) is 3.11. The Balaban J connectivity index is 4.30. The molecule has 6 heteroatoms. The molecule has 0 bridgehead atoms. The average molecular weight is 182 g/mol. The van der Waals surface area contributed by atoms with Crippen LogP contribution in [-0.4, -0.2) is 28.2 Å².